The minimum atomic E-state index is 0.143. The molecular formula is C22H21N3O4. The van der Waals surface area contributed by atoms with Crippen LogP contribution in [0.1, 0.15) is 5.56 Å². The zero-order valence-corrected chi connectivity index (χ0v) is 16.6. The molecule has 0 radical (unpaired) electrons. The van der Waals surface area contributed by atoms with E-state index in [4.69, 9.17) is 24.7 Å². The van der Waals surface area contributed by atoms with Crippen LogP contribution < -0.4 is 24.7 Å². The molecule has 0 amide bonds. The van der Waals surface area contributed by atoms with E-state index in [2.05, 4.69) is 11.1 Å². The van der Waals surface area contributed by atoms with Crippen LogP contribution in [0.4, 0.5) is 5.82 Å². The largest absolute Gasteiger partial charge is 0.497 e. The molecule has 1 aromatic heterocycles. The summed E-state index contributed by atoms with van der Waals surface area (Å²) in [5.74, 6) is 2.34. The van der Waals surface area contributed by atoms with E-state index >= 15 is 0 Å². The number of ether oxygens (including phenoxy) is 4. The minimum absolute atomic E-state index is 0.143. The molecule has 0 spiro atoms. The first-order chi connectivity index (χ1) is 14.1. The number of anilines is 1. The Labute approximate surface area is 169 Å². The molecule has 0 aliphatic rings. The van der Waals surface area contributed by atoms with E-state index in [1.165, 1.54) is 0 Å². The van der Waals surface area contributed by atoms with Crippen LogP contribution >= 0.6 is 0 Å². The minimum Gasteiger partial charge on any atom is -0.497 e. The van der Waals surface area contributed by atoms with Gasteiger partial charge in [0.1, 0.15) is 23.2 Å². The van der Waals surface area contributed by atoms with Gasteiger partial charge in [0.05, 0.1) is 34.1 Å². The third kappa shape index (κ3) is 3.73. The molecule has 0 unspecified atom stereocenters. The number of nitrogens with zero attached hydrogens (tertiary/aromatic N) is 2. The van der Waals surface area contributed by atoms with Crippen molar-refractivity contribution in [2.24, 2.45) is 0 Å². The number of aromatic nitrogens is 1. The molecule has 2 aromatic carbocycles. The quantitative estimate of drug-likeness (QED) is 0.680. The Kier molecular flexibility index (Phi) is 5.74. The smallest absolute Gasteiger partial charge is 0.203 e. The molecule has 1 heterocycles. The van der Waals surface area contributed by atoms with Crippen molar-refractivity contribution in [3.05, 3.63) is 48.0 Å². The molecule has 0 atom stereocenters. The summed E-state index contributed by atoms with van der Waals surface area (Å²) < 4.78 is 21.4. The summed E-state index contributed by atoms with van der Waals surface area (Å²) in [5.41, 5.74) is 9.21. The van der Waals surface area contributed by atoms with E-state index in [9.17, 15) is 5.26 Å². The number of benzene rings is 2. The van der Waals surface area contributed by atoms with E-state index in [1.54, 1.807) is 40.6 Å². The van der Waals surface area contributed by atoms with Gasteiger partial charge in [-0.2, -0.15) is 5.26 Å². The van der Waals surface area contributed by atoms with E-state index in [0.717, 1.165) is 11.3 Å². The van der Waals surface area contributed by atoms with Crippen molar-refractivity contribution in [1.82, 2.24) is 4.98 Å². The summed E-state index contributed by atoms with van der Waals surface area (Å²) in [5, 5.41) is 9.60. The summed E-state index contributed by atoms with van der Waals surface area (Å²) in [6.45, 7) is 0. The average Bonchev–Trinajstić information content (AvgIpc) is 2.77. The molecule has 29 heavy (non-hydrogen) atoms. The Balaban J connectivity index is 2.21. The molecule has 3 aromatic rings. The number of hydrogen-bond donors (Lipinski definition) is 1. The van der Waals surface area contributed by atoms with Gasteiger partial charge >= 0.3 is 0 Å². The molecule has 0 aliphatic carbocycles. The summed E-state index contributed by atoms with van der Waals surface area (Å²) in [7, 11) is 6.23. The van der Waals surface area contributed by atoms with Gasteiger partial charge in [-0.15, -0.1) is 0 Å². The van der Waals surface area contributed by atoms with Crippen LogP contribution in [0, 0.1) is 11.3 Å². The van der Waals surface area contributed by atoms with Crippen LogP contribution in [-0.4, -0.2) is 33.4 Å². The molecule has 0 saturated carbocycles. The van der Waals surface area contributed by atoms with Crippen molar-refractivity contribution < 1.29 is 18.9 Å². The maximum atomic E-state index is 9.60. The lowest BCUT2D eigenvalue weighted by atomic mass is 9.98. The van der Waals surface area contributed by atoms with Gasteiger partial charge in [-0.3, -0.25) is 0 Å². The van der Waals surface area contributed by atoms with Gasteiger partial charge in [0, 0.05) is 11.1 Å². The monoisotopic (exact) mass is 391 g/mol. The predicted octanol–water partition coefficient (Wildman–Crippen LogP) is 3.90. The fourth-order valence-corrected chi connectivity index (χ4v) is 3.06. The summed E-state index contributed by atoms with van der Waals surface area (Å²) >= 11 is 0. The highest BCUT2D eigenvalue weighted by atomic mass is 16.5. The van der Waals surface area contributed by atoms with Crippen molar-refractivity contribution in [1.29, 1.82) is 5.26 Å². The average molecular weight is 391 g/mol. The second kappa shape index (κ2) is 8.40. The van der Waals surface area contributed by atoms with Crippen molar-refractivity contribution in [2.75, 3.05) is 34.2 Å². The van der Waals surface area contributed by atoms with Gasteiger partial charge < -0.3 is 24.7 Å². The lowest BCUT2D eigenvalue weighted by Crippen LogP contribution is -2.01. The first-order valence-corrected chi connectivity index (χ1v) is 8.71. The van der Waals surface area contributed by atoms with Gasteiger partial charge in [-0.1, -0.05) is 12.1 Å². The molecule has 0 aliphatic heterocycles. The number of methoxy groups -OCH3 is 4. The molecule has 2 N–H and O–H groups in total. The topological polar surface area (TPSA) is 99.6 Å². The van der Waals surface area contributed by atoms with E-state index in [1.807, 2.05) is 30.3 Å². The number of pyridine rings is 1. The van der Waals surface area contributed by atoms with Crippen LogP contribution in [0.15, 0.2) is 42.5 Å². The van der Waals surface area contributed by atoms with Crippen molar-refractivity contribution in [2.45, 2.75) is 0 Å². The Morgan fingerprint density at radius 2 is 1.45 bits per heavy atom. The fourth-order valence-electron chi connectivity index (χ4n) is 3.06. The van der Waals surface area contributed by atoms with Gasteiger partial charge in [0.15, 0.2) is 11.5 Å². The summed E-state index contributed by atoms with van der Waals surface area (Å²) in [6.07, 6.45) is 0. The van der Waals surface area contributed by atoms with Gasteiger partial charge in [0.2, 0.25) is 5.75 Å². The molecule has 7 nitrogen and oxygen atoms in total. The zero-order chi connectivity index (χ0) is 21.0. The first-order valence-electron chi connectivity index (χ1n) is 8.71. The standard InChI is InChI=1S/C22H21N3O4/c1-26-15-7-5-13(6-8-15)16-11-18(25-22(24)17(16)12-23)14-9-19(27-2)21(29-4)20(10-14)28-3/h5-11H,1-4H3,(H2,24,25). The van der Waals surface area contributed by atoms with E-state index in [-0.39, 0.29) is 5.82 Å². The Bertz CT molecular complexity index is 1050. The Morgan fingerprint density at radius 1 is 0.828 bits per heavy atom. The van der Waals surface area contributed by atoms with Crippen molar-refractivity contribution in [3.8, 4) is 51.5 Å². The maximum absolute atomic E-state index is 9.60. The van der Waals surface area contributed by atoms with Crippen LogP contribution in [0.5, 0.6) is 23.0 Å². The Hall–Kier alpha value is -3.92. The highest BCUT2D eigenvalue weighted by Crippen LogP contribution is 2.42. The number of nitrogens with two attached hydrogens (primary N) is 1. The van der Waals surface area contributed by atoms with E-state index in [0.29, 0.717) is 39.6 Å². The molecule has 7 heteroatoms. The zero-order valence-electron chi connectivity index (χ0n) is 16.6. The van der Waals surface area contributed by atoms with Crippen LogP contribution in [0.2, 0.25) is 0 Å². The first kappa shape index (κ1) is 19.8. The summed E-state index contributed by atoms with van der Waals surface area (Å²) in [4.78, 5) is 4.42. The SMILES string of the molecule is COc1ccc(-c2cc(-c3cc(OC)c(OC)c(OC)c3)nc(N)c2C#N)cc1. The number of hydrogen-bond acceptors (Lipinski definition) is 7. The third-order valence-corrected chi connectivity index (χ3v) is 4.52. The lowest BCUT2D eigenvalue weighted by Gasteiger charge is -2.15. The maximum Gasteiger partial charge on any atom is 0.203 e. The lowest BCUT2D eigenvalue weighted by molar-refractivity contribution is 0.324. The second-order valence-corrected chi connectivity index (χ2v) is 6.07. The van der Waals surface area contributed by atoms with Crippen molar-refractivity contribution in [3.63, 3.8) is 0 Å². The van der Waals surface area contributed by atoms with E-state index < -0.39 is 0 Å². The predicted molar refractivity (Wildman–Crippen MR) is 110 cm³/mol. The van der Waals surface area contributed by atoms with Crippen LogP contribution in [0.3, 0.4) is 0 Å². The highest BCUT2D eigenvalue weighted by Gasteiger charge is 2.18. The number of nitrogen functional groups attached to an aromatic ring is 1. The van der Waals surface area contributed by atoms with Crippen molar-refractivity contribution >= 4 is 5.82 Å². The Morgan fingerprint density at radius 3 is 1.93 bits per heavy atom. The number of rotatable bonds is 6. The highest BCUT2D eigenvalue weighted by molar-refractivity contribution is 5.81. The molecule has 3 rings (SSSR count). The van der Waals surface area contributed by atoms with Gasteiger partial charge in [-0.05, 0) is 35.9 Å². The summed E-state index contributed by atoms with van der Waals surface area (Å²) in [6, 6.07) is 14.9. The molecule has 0 saturated heterocycles. The second-order valence-electron chi connectivity index (χ2n) is 6.07. The molecule has 0 fully saturated rings. The molecule has 148 valence electrons. The fraction of sp³-hybridized carbons (Fsp3) is 0.182. The normalized spacial score (nSPS) is 10.2. The molecule has 0 bridgehead atoms. The van der Waals surface area contributed by atoms with Crippen LogP contribution in [0.25, 0.3) is 22.4 Å². The third-order valence-electron chi connectivity index (χ3n) is 4.52. The van der Waals surface area contributed by atoms with Gasteiger partial charge in [-0.25, -0.2) is 4.98 Å². The van der Waals surface area contributed by atoms with Crippen LogP contribution in [-0.2, 0) is 0 Å². The number of nitriles is 1. The molecular weight excluding hydrogens is 370 g/mol. The van der Waals surface area contributed by atoms with Gasteiger partial charge in [0.25, 0.3) is 0 Å².